The lowest BCUT2D eigenvalue weighted by Gasteiger charge is -2.18. The van der Waals surface area contributed by atoms with Gasteiger partial charge in [-0.2, -0.15) is 0 Å². The SMILES string of the molecule is CC/C=C\C/C=C\C/C=C\C/C=C\CCCCCC(=O)OC(COC(=O)CCCCCCCCCCCCCCCCC)COC(=O)CCCCCCCCCCCCCCCCCCC. The van der Waals surface area contributed by atoms with Gasteiger partial charge in [0.25, 0.3) is 0 Å². The molecule has 0 aliphatic carbocycles. The Balaban J connectivity index is 4.38. The number of carbonyl (C=O) groups is 3. The molecule has 0 spiro atoms. The van der Waals surface area contributed by atoms with Crippen molar-refractivity contribution in [3.8, 4) is 0 Å². The molecule has 0 aromatic heterocycles. The molecule has 384 valence electrons. The second kappa shape index (κ2) is 55.0. The van der Waals surface area contributed by atoms with Gasteiger partial charge < -0.3 is 14.2 Å². The Morgan fingerprint density at radius 2 is 0.591 bits per heavy atom. The molecule has 0 heterocycles. The maximum atomic E-state index is 12.8. The van der Waals surface area contributed by atoms with E-state index in [1.807, 2.05) is 0 Å². The molecule has 0 aliphatic heterocycles. The summed E-state index contributed by atoms with van der Waals surface area (Å²) in [5, 5.41) is 0. The van der Waals surface area contributed by atoms with Crippen LogP contribution in [0.2, 0.25) is 0 Å². The highest BCUT2D eigenvalue weighted by molar-refractivity contribution is 5.71. The van der Waals surface area contributed by atoms with E-state index >= 15 is 0 Å². The number of esters is 3. The van der Waals surface area contributed by atoms with Crippen molar-refractivity contribution in [2.75, 3.05) is 13.2 Å². The zero-order valence-electron chi connectivity index (χ0n) is 44.0. The first-order chi connectivity index (χ1) is 32.5. The molecule has 0 aromatic rings. The molecule has 66 heavy (non-hydrogen) atoms. The van der Waals surface area contributed by atoms with E-state index in [2.05, 4.69) is 69.4 Å². The van der Waals surface area contributed by atoms with E-state index in [1.165, 1.54) is 167 Å². The second-order valence-electron chi connectivity index (χ2n) is 19.2. The number of unbranched alkanes of at least 4 members (excludes halogenated alkanes) is 33. The van der Waals surface area contributed by atoms with E-state index in [0.717, 1.165) is 89.9 Å². The molecule has 0 saturated carbocycles. The Bertz CT molecular complexity index is 1150. The molecule has 0 saturated heterocycles. The molecule has 1 atom stereocenters. The standard InChI is InChI=1S/C60H108O6/c1-4-7-10-13-16-19-22-25-28-30-33-35-38-41-44-47-50-53-59(62)65-56-57(55-64-58(61)52-49-46-43-40-37-34-31-27-24-21-18-15-12-9-6-3)66-60(63)54-51-48-45-42-39-36-32-29-26-23-20-17-14-11-8-5-2/h8,11,17,20,26,29,36,39,57H,4-7,9-10,12-16,18-19,21-25,27-28,30-35,37-38,40-56H2,1-3H3/b11-8-,20-17-,29-26-,39-36-. The molecule has 0 rings (SSSR count). The summed E-state index contributed by atoms with van der Waals surface area (Å²) in [7, 11) is 0. The number of allylic oxidation sites excluding steroid dienone is 8. The lowest BCUT2D eigenvalue weighted by atomic mass is 10.0. The molecular formula is C60H108O6. The largest absolute Gasteiger partial charge is 0.462 e. The third-order valence-corrected chi connectivity index (χ3v) is 12.6. The van der Waals surface area contributed by atoms with Crippen LogP contribution in [0, 0.1) is 0 Å². The highest BCUT2D eigenvalue weighted by Crippen LogP contribution is 2.17. The van der Waals surface area contributed by atoms with Crippen molar-refractivity contribution in [3.05, 3.63) is 48.6 Å². The minimum Gasteiger partial charge on any atom is -0.462 e. The quantitative estimate of drug-likeness (QED) is 0.0262. The van der Waals surface area contributed by atoms with Crippen LogP contribution >= 0.6 is 0 Å². The van der Waals surface area contributed by atoms with E-state index in [4.69, 9.17) is 14.2 Å². The van der Waals surface area contributed by atoms with Gasteiger partial charge >= 0.3 is 17.9 Å². The van der Waals surface area contributed by atoms with Crippen molar-refractivity contribution in [2.24, 2.45) is 0 Å². The van der Waals surface area contributed by atoms with Crippen molar-refractivity contribution >= 4 is 17.9 Å². The smallest absolute Gasteiger partial charge is 0.306 e. The predicted molar refractivity (Wildman–Crippen MR) is 284 cm³/mol. The molecule has 6 heteroatoms. The Morgan fingerprint density at radius 3 is 0.924 bits per heavy atom. The van der Waals surface area contributed by atoms with Crippen molar-refractivity contribution in [2.45, 2.75) is 303 Å². The summed E-state index contributed by atoms with van der Waals surface area (Å²) in [5.74, 6) is -0.896. The number of rotatable bonds is 52. The first-order valence-corrected chi connectivity index (χ1v) is 28.6. The average molecular weight is 926 g/mol. The summed E-state index contributed by atoms with van der Waals surface area (Å²) < 4.78 is 16.9. The first-order valence-electron chi connectivity index (χ1n) is 28.6. The molecule has 1 unspecified atom stereocenters. The fourth-order valence-electron chi connectivity index (χ4n) is 8.32. The summed E-state index contributed by atoms with van der Waals surface area (Å²) in [6.07, 6.45) is 66.7. The van der Waals surface area contributed by atoms with Crippen LogP contribution in [0.25, 0.3) is 0 Å². The average Bonchev–Trinajstić information content (AvgIpc) is 3.31. The Labute approximate surface area is 409 Å². The molecular weight excluding hydrogens is 817 g/mol. The van der Waals surface area contributed by atoms with Crippen LogP contribution in [-0.4, -0.2) is 37.2 Å². The third kappa shape index (κ3) is 52.3. The van der Waals surface area contributed by atoms with Gasteiger partial charge in [-0.1, -0.05) is 268 Å². The normalized spacial score (nSPS) is 12.3. The van der Waals surface area contributed by atoms with Crippen LogP contribution in [0.3, 0.4) is 0 Å². The molecule has 6 nitrogen and oxygen atoms in total. The molecule has 0 N–H and O–H groups in total. The van der Waals surface area contributed by atoms with Gasteiger partial charge in [-0.05, 0) is 57.8 Å². The second-order valence-corrected chi connectivity index (χ2v) is 19.2. The molecule has 0 aromatic carbocycles. The van der Waals surface area contributed by atoms with Crippen LogP contribution in [-0.2, 0) is 28.6 Å². The van der Waals surface area contributed by atoms with Crippen LogP contribution in [0.4, 0.5) is 0 Å². The van der Waals surface area contributed by atoms with Gasteiger partial charge in [0, 0.05) is 19.3 Å². The van der Waals surface area contributed by atoms with E-state index in [1.54, 1.807) is 0 Å². The summed E-state index contributed by atoms with van der Waals surface area (Å²) in [5.41, 5.74) is 0. The maximum Gasteiger partial charge on any atom is 0.306 e. The van der Waals surface area contributed by atoms with E-state index in [9.17, 15) is 14.4 Å². The van der Waals surface area contributed by atoms with Crippen LogP contribution in [0.5, 0.6) is 0 Å². The van der Waals surface area contributed by atoms with Crippen molar-refractivity contribution in [3.63, 3.8) is 0 Å². The summed E-state index contributed by atoms with van der Waals surface area (Å²) >= 11 is 0. The van der Waals surface area contributed by atoms with E-state index in [-0.39, 0.29) is 31.1 Å². The van der Waals surface area contributed by atoms with Gasteiger partial charge in [-0.3, -0.25) is 14.4 Å². The van der Waals surface area contributed by atoms with Crippen LogP contribution in [0.15, 0.2) is 48.6 Å². The lowest BCUT2D eigenvalue weighted by Crippen LogP contribution is -2.30. The van der Waals surface area contributed by atoms with Gasteiger partial charge in [0.1, 0.15) is 13.2 Å². The van der Waals surface area contributed by atoms with Gasteiger partial charge in [-0.15, -0.1) is 0 Å². The monoisotopic (exact) mass is 925 g/mol. The third-order valence-electron chi connectivity index (χ3n) is 12.6. The van der Waals surface area contributed by atoms with E-state index in [0.29, 0.717) is 19.3 Å². The molecule has 0 radical (unpaired) electrons. The summed E-state index contributed by atoms with van der Waals surface area (Å²) in [6.45, 7) is 6.54. The van der Waals surface area contributed by atoms with Crippen LogP contribution in [0.1, 0.15) is 297 Å². The van der Waals surface area contributed by atoms with Gasteiger partial charge in [0.15, 0.2) is 6.10 Å². The van der Waals surface area contributed by atoms with Crippen molar-refractivity contribution < 1.29 is 28.6 Å². The highest BCUT2D eigenvalue weighted by atomic mass is 16.6. The Hall–Kier alpha value is -2.63. The van der Waals surface area contributed by atoms with Crippen molar-refractivity contribution in [1.29, 1.82) is 0 Å². The van der Waals surface area contributed by atoms with Gasteiger partial charge in [0.05, 0.1) is 0 Å². The molecule has 0 amide bonds. The number of carbonyl (C=O) groups excluding carboxylic acids is 3. The van der Waals surface area contributed by atoms with Gasteiger partial charge in [-0.25, -0.2) is 0 Å². The zero-order valence-corrected chi connectivity index (χ0v) is 44.0. The zero-order chi connectivity index (χ0) is 47.9. The topological polar surface area (TPSA) is 78.9 Å². The maximum absolute atomic E-state index is 12.8. The minimum absolute atomic E-state index is 0.0817. The number of hydrogen-bond acceptors (Lipinski definition) is 6. The van der Waals surface area contributed by atoms with Crippen LogP contribution < -0.4 is 0 Å². The fraction of sp³-hybridized carbons (Fsp3) is 0.817. The first kappa shape index (κ1) is 63.4. The predicted octanol–water partition coefficient (Wildman–Crippen LogP) is 19.0. The van der Waals surface area contributed by atoms with Crippen molar-refractivity contribution in [1.82, 2.24) is 0 Å². The number of hydrogen-bond donors (Lipinski definition) is 0. The fourth-order valence-corrected chi connectivity index (χ4v) is 8.32. The highest BCUT2D eigenvalue weighted by Gasteiger charge is 2.19. The Kier molecular flexibility index (Phi) is 52.8. The van der Waals surface area contributed by atoms with E-state index < -0.39 is 6.10 Å². The number of ether oxygens (including phenoxy) is 3. The molecule has 0 aliphatic rings. The summed E-state index contributed by atoms with van der Waals surface area (Å²) in [6, 6.07) is 0. The van der Waals surface area contributed by atoms with Gasteiger partial charge in [0.2, 0.25) is 0 Å². The lowest BCUT2D eigenvalue weighted by molar-refractivity contribution is -0.167. The summed E-state index contributed by atoms with van der Waals surface area (Å²) in [4.78, 5) is 38.1. The minimum atomic E-state index is -0.786. The Morgan fingerprint density at radius 1 is 0.318 bits per heavy atom. The molecule has 0 bridgehead atoms. The molecule has 0 fully saturated rings.